The van der Waals surface area contributed by atoms with Crippen molar-refractivity contribution in [2.45, 2.75) is 32.7 Å². The Morgan fingerprint density at radius 1 is 1.12 bits per heavy atom. The Morgan fingerprint density at radius 3 is 2.48 bits per heavy atom. The smallest absolute Gasteiger partial charge is 0.262 e. The molecule has 1 atom stereocenters. The fourth-order valence-electron chi connectivity index (χ4n) is 2.37. The Hall–Kier alpha value is -2.82. The normalized spacial score (nSPS) is 12.4. The van der Waals surface area contributed by atoms with Crippen LogP contribution < -0.4 is 15.5 Å². The van der Waals surface area contributed by atoms with Gasteiger partial charge in [-0.1, -0.05) is 49.4 Å². The predicted molar refractivity (Wildman–Crippen MR) is 102 cm³/mol. The summed E-state index contributed by atoms with van der Waals surface area (Å²) in [6.45, 7) is 3.82. The molecule has 0 aliphatic carbocycles. The minimum absolute atomic E-state index is 0.190. The van der Waals surface area contributed by atoms with Gasteiger partial charge in [-0.25, -0.2) is 5.43 Å². The molecule has 0 aliphatic heterocycles. The Labute approximate surface area is 149 Å². The molecule has 0 saturated carbocycles. The zero-order valence-corrected chi connectivity index (χ0v) is 15.0. The molecule has 25 heavy (non-hydrogen) atoms. The number of hydrogen-bond acceptors (Lipinski definition) is 4. The number of methoxy groups -OCH3 is 1. The number of nitrogens with zero attached hydrogens (tertiary/aromatic N) is 1. The van der Waals surface area contributed by atoms with Crippen LogP contribution in [0.1, 0.15) is 25.8 Å². The number of benzene rings is 2. The van der Waals surface area contributed by atoms with Gasteiger partial charge in [0.15, 0.2) is 0 Å². The summed E-state index contributed by atoms with van der Waals surface area (Å²) in [5, 5.41) is 7.43. The van der Waals surface area contributed by atoms with Crippen LogP contribution in [0.25, 0.3) is 0 Å². The molecular formula is C20H25N3O2. The zero-order valence-electron chi connectivity index (χ0n) is 15.0. The van der Waals surface area contributed by atoms with Gasteiger partial charge in [-0.2, -0.15) is 5.10 Å². The number of carbonyl (C=O) groups is 1. The van der Waals surface area contributed by atoms with Gasteiger partial charge in [0, 0.05) is 12.1 Å². The second-order valence-electron chi connectivity index (χ2n) is 5.74. The molecule has 1 amide bonds. The van der Waals surface area contributed by atoms with Crippen LogP contribution in [0, 0.1) is 0 Å². The number of carbonyl (C=O) groups excluding carboxylic acids is 1. The van der Waals surface area contributed by atoms with Crippen LogP contribution in [0.2, 0.25) is 0 Å². The Morgan fingerprint density at radius 2 is 1.80 bits per heavy atom. The third-order valence-corrected chi connectivity index (χ3v) is 3.86. The van der Waals surface area contributed by atoms with Crippen molar-refractivity contribution in [2.24, 2.45) is 5.10 Å². The van der Waals surface area contributed by atoms with Crippen LogP contribution in [0.4, 0.5) is 5.69 Å². The molecule has 0 aromatic heterocycles. The fraction of sp³-hybridized carbons (Fsp3) is 0.300. The molecule has 2 aromatic rings. The summed E-state index contributed by atoms with van der Waals surface area (Å²) in [5.41, 5.74) is 5.54. The van der Waals surface area contributed by atoms with Gasteiger partial charge >= 0.3 is 0 Å². The van der Waals surface area contributed by atoms with Gasteiger partial charge in [0.1, 0.15) is 11.8 Å². The summed E-state index contributed by atoms with van der Waals surface area (Å²) >= 11 is 0. The third-order valence-electron chi connectivity index (χ3n) is 3.86. The molecule has 0 heterocycles. The molecule has 0 unspecified atom stereocenters. The quantitative estimate of drug-likeness (QED) is 0.570. The molecule has 2 rings (SSSR count). The van der Waals surface area contributed by atoms with Gasteiger partial charge in [-0.15, -0.1) is 0 Å². The number of anilines is 1. The van der Waals surface area contributed by atoms with Crippen molar-refractivity contribution in [3.8, 4) is 5.75 Å². The first-order valence-electron chi connectivity index (χ1n) is 8.42. The molecule has 0 spiro atoms. The summed E-state index contributed by atoms with van der Waals surface area (Å²) in [5.74, 6) is 0.508. The number of hydrazone groups is 1. The lowest BCUT2D eigenvalue weighted by molar-refractivity contribution is -0.121. The van der Waals surface area contributed by atoms with Gasteiger partial charge in [0.05, 0.1) is 12.8 Å². The molecule has 0 bridgehead atoms. The van der Waals surface area contributed by atoms with E-state index in [1.54, 1.807) is 14.0 Å². The van der Waals surface area contributed by atoms with Gasteiger partial charge in [0.25, 0.3) is 5.91 Å². The molecule has 132 valence electrons. The maximum Gasteiger partial charge on any atom is 0.262 e. The second kappa shape index (κ2) is 9.47. The maximum atomic E-state index is 12.3. The molecule has 2 N–H and O–H groups in total. The van der Waals surface area contributed by atoms with Crippen molar-refractivity contribution in [1.82, 2.24) is 5.43 Å². The van der Waals surface area contributed by atoms with E-state index in [1.807, 2.05) is 49.4 Å². The number of ether oxygens (including phenoxy) is 1. The molecule has 2 aromatic carbocycles. The number of hydrogen-bond donors (Lipinski definition) is 2. The zero-order chi connectivity index (χ0) is 18.1. The number of amides is 1. The summed E-state index contributed by atoms with van der Waals surface area (Å²) in [6, 6.07) is 17.2. The SMILES string of the molecule is CC/C(Cc1ccccc1)=N\NC(=O)[C@H](C)Nc1ccccc1OC. The van der Waals surface area contributed by atoms with Gasteiger partial charge in [0.2, 0.25) is 0 Å². The van der Waals surface area contributed by atoms with Crippen LogP contribution in [0.3, 0.4) is 0 Å². The maximum absolute atomic E-state index is 12.3. The van der Waals surface area contributed by atoms with Crippen LogP contribution in [-0.2, 0) is 11.2 Å². The van der Waals surface area contributed by atoms with E-state index in [1.165, 1.54) is 5.56 Å². The Bertz CT molecular complexity index is 714. The number of rotatable bonds is 8. The van der Waals surface area contributed by atoms with Crippen LogP contribution in [-0.4, -0.2) is 24.8 Å². The lowest BCUT2D eigenvalue weighted by Crippen LogP contribution is -2.35. The van der Waals surface area contributed by atoms with E-state index in [-0.39, 0.29) is 5.91 Å². The van der Waals surface area contributed by atoms with E-state index in [0.29, 0.717) is 5.75 Å². The average molecular weight is 339 g/mol. The first kappa shape index (κ1) is 18.5. The van der Waals surface area contributed by atoms with Crippen LogP contribution in [0.15, 0.2) is 59.7 Å². The molecule has 5 nitrogen and oxygen atoms in total. The summed E-state index contributed by atoms with van der Waals surface area (Å²) < 4.78 is 5.29. The van der Waals surface area contributed by atoms with E-state index < -0.39 is 6.04 Å². The Kier molecular flexibility index (Phi) is 7.01. The monoisotopic (exact) mass is 339 g/mol. The van der Waals surface area contributed by atoms with Crippen molar-refractivity contribution >= 4 is 17.3 Å². The van der Waals surface area contributed by atoms with E-state index >= 15 is 0 Å². The predicted octanol–water partition coefficient (Wildman–Crippen LogP) is 3.62. The highest BCUT2D eigenvalue weighted by atomic mass is 16.5. The van der Waals surface area contributed by atoms with E-state index in [0.717, 1.165) is 24.2 Å². The van der Waals surface area contributed by atoms with E-state index in [2.05, 4.69) is 28.0 Å². The van der Waals surface area contributed by atoms with Crippen molar-refractivity contribution in [2.75, 3.05) is 12.4 Å². The number of nitrogens with one attached hydrogen (secondary N) is 2. The number of para-hydroxylation sites is 2. The fourth-order valence-corrected chi connectivity index (χ4v) is 2.37. The van der Waals surface area contributed by atoms with Crippen LogP contribution >= 0.6 is 0 Å². The molecule has 5 heteroatoms. The molecule has 0 radical (unpaired) electrons. The standard InChI is InChI=1S/C20H25N3O2/c1-4-17(14-16-10-6-5-7-11-16)22-23-20(24)15(2)21-18-12-8-9-13-19(18)25-3/h5-13,15,21H,4,14H2,1-3H3,(H,23,24)/b22-17+/t15-/m0/s1. The van der Waals surface area contributed by atoms with E-state index in [4.69, 9.17) is 4.74 Å². The largest absolute Gasteiger partial charge is 0.495 e. The van der Waals surface area contributed by atoms with Gasteiger partial charge in [-0.3, -0.25) is 4.79 Å². The minimum atomic E-state index is -0.435. The lowest BCUT2D eigenvalue weighted by atomic mass is 10.1. The molecule has 0 aliphatic rings. The summed E-state index contributed by atoms with van der Waals surface area (Å²) in [4.78, 5) is 12.3. The lowest BCUT2D eigenvalue weighted by Gasteiger charge is -2.16. The van der Waals surface area contributed by atoms with Crippen LogP contribution in [0.5, 0.6) is 5.75 Å². The summed E-state index contributed by atoms with van der Waals surface area (Å²) in [7, 11) is 1.60. The van der Waals surface area contributed by atoms with Crippen molar-refractivity contribution < 1.29 is 9.53 Å². The molecule has 0 saturated heterocycles. The van der Waals surface area contributed by atoms with Gasteiger partial charge in [-0.05, 0) is 31.0 Å². The Balaban J connectivity index is 1.95. The first-order valence-corrected chi connectivity index (χ1v) is 8.42. The molecule has 0 fully saturated rings. The average Bonchev–Trinajstić information content (AvgIpc) is 2.66. The minimum Gasteiger partial charge on any atom is -0.495 e. The first-order chi connectivity index (χ1) is 12.1. The second-order valence-corrected chi connectivity index (χ2v) is 5.74. The van der Waals surface area contributed by atoms with Crippen molar-refractivity contribution in [3.05, 3.63) is 60.2 Å². The topological polar surface area (TPSA) is 62.7 Å². The summed E-state index contributed by atoms with van der Waals surface area (Å²) in [6.07, 6.45) is 1.51. The van der Waals surface area contributed by atoms with Crippen molar-refractivity contribution in [3.63, 3.8) is 0 Å². The van der Waals surface area contributed by atoms with E-state index in [9.17, 15) is 4.79 Å². The molecular weight excluding hydrogens is 314 g/mol. The third kappa shape index (κ3) is 5.64. The highest BCUT2D eigenvalue weighted by Crippen LogP contribution is 2.23. The highest BCUT2D eigenvalue weighted by molar-refractivity contribution is 5.89. The van der Waals surface area contributed by atoms with Crippen molar-refractivity contribution in [1.29, 1.82) is 0 Å². The van der Waals surface area contributed by atoms with Gasteiger partial charge < -0.3 is 10.1 Å². The highest BCUT2D eigenvalue weighted by Gasteiger charge is 2.14.